The van der Waals surface area contributed by atoms with Crippen molar-refractivity contribution in [2.75, 3.05) is 59.3 Å². The van der Waals surface area contributed by atoms with Crippen LogP contribution in [0, 0.1) is 6.92 Å². The van der Waals surface area contributed by atoms with Gasteiger partial charge in [-0.3, -0.25) is 0 Å². The Morgan fingerprint density at radius 2 is 1.31 bits per heavy atom. The Hall–Kier alpha value is -2.73. The van der Waals surface area contributed by atoms with Crippen LogP contribution in [0.2, 0.25) is 0 Å². The zero-order valence-electron chi connectivity index (χ0n) is 21.2. The Bertz CT molecular complexity index is 931. The number of aryl methyl sites for hydroxylation is 1. The highest BCUT2D eigenvalue weighted by atomic mass is 15.4. The molecule has 35 heavy (non-hydrogen) atoms. The summed E-state index contributed by atoms with van der Waals surface area (Å²) in [4.78, 5) is 20.8. The molecule has 9 N–H and O–H groups in total. The van der Waals surface area contributed by atoms with Gasteiger partial charge in [0.15, 0.2) is 0 Å². The fourth-order valence-electron chi connectivity index (χ4n) is 5.07. The first kappa shape index (κ1) is 25.4. The van der Waals surface area contributed by atoms with E-state index in [-0.39, 0.29) is 24.2 Å². The number of nitrogens with two attached hydrogens (primary N) is 4. The van der Waals surface area contributed by atoms with E-state index in [1.165, 1.54) is 5.69 Å². The molecule has 0 aliphatic carbocycles. The van der Waals surface area contributed by atoms with Gasteiger partial charge in [0.25, 0.3) is 0 Å². The number of piperidine rings is 2. The molecule has 3 heterocycles. The molecule has 4 atom stereocenters. The lowest BCUT2D eigenvalue weighted by Crippen LogP contribution is -2.54. The Morgan fingerprint density at radius 3 is 1.74 bits per heavy atom. The number of hydrogen-bond donors (Lipinski definition) is 5. The topological polar surface area (TPSA) is 164 Å². The largest absolute Gasteiger partial charge is 0.372 e. The molecule has 1 aromatic carbocycles. The van der Waals surface area contributed by atoms with E-state index in [9.17, 15) is 0 Å². The molecule has 2 aliphatic heterocycles. The minimum Gasteiger partial charge on any atom is -0.372 e. The van der Waals surface area contributed by atoms with E-state index in [0.29, 0.717) is 44.0 Å². The number of aromatic nitrogens is 3. The molecule has 0 saturated carbocycles. The Balaban J connectivity index is 1.66. The summed E-state index contributed by atoms with van der Waals surface area (Å²) >= 11 is 0. The minimum absolute atomic E-state index is 0.0259. The molecule has 192 valence electrons. The number of anilines is 5. The average Bonchev–Trinajstić information content (AvgIpc) is 2.80. The molecule has 0 spiro atoms. The van der Waals surface area contributed by atoms with E-state index in [1.807, 2.05) is 0 Å². The normalized spacial score (nSPS) is 25.0. The van der Waals surface area contributed by atoms with Gasteiger partial charge in [0.2, 0.25) is 17.8 Å². The number of hydrogen-bond acceptors (Lipinski definition) is 11. The van der Waals surface area contributed by atoms with Gasteiger partial charge in [0.05, 0.1) is 0 Å². The third-order valence-corrected chi connectivity index (χ3v) is 6.79. The summed E-state index contributed by atoms with van der Waals surface area (Å²) in [6.07, 6.45) is 1.57. The van der Waals surface area contributed by atoms with Crippen LogP contribution in [0.1, 0.15) is 32.3 Å². The van der Waals surface area contributed by atoms with Gasteiger partial charge in [-0.25, -0.2) is 0 Å². The van der Waals surface area contributed by atoms with Crippen molar-refractivity contribution in [2.24, 2.45) is 22.9 Å². The second-order valence-corrected chi connectivity index (χ2v) is 9.88. The average molecular weight is 484 g/mol. The van der Waals surface area contributed by atoms with Crippen LogP contribution < -0.4 is 43.0 Å². The third kappa shape index (κ3) is 6.10. The lowest BCUT2D eigenvalue weighted by Gasteiger charge is -2.37. The first-order valence-corrected chi connectivity index (χ1v) is 12.7. The maximum Gasteiger partial charge on any atom is 0.233 e. The molecule has 0 radical (unpaired) electrons. The lowest BCUT2D eigenvalue weighted by atomic mass is 10.0. The van der Waals surface area contributed by atoms with Crippen LogP contribution in [0.15, 0.2) is 18.2 Å². The van der Waals surface area contributed by atoms with Gasteiger partial charge in [-0.1, -0.05) is 0 Å². The fraction of sp³-hybridized carbons (Fsp3) is 0.625. The second-order valence-electron chi connectivity index (χ2n) is 9.88. The predicted molar refractivity (Wildman–Crippen MR) is 143 cm³/mol. The summed E-state index contributed by atoms with van der Waals surface area (Å²) < 4.78 is 0. The quantitative estimate of drug-likeness (QED) is 0.372. The van der Waals surface area contributed by atoms with Crippen molar-refractivity contribution in [1.29, 1.82) is 0 Å². The summed E-state index contributed by atoms with van der Waals surface area (Å²) in [5, 5.41) is 3.42. The van der Waals surface area contributed by atoms with Crippen molar-refractivity contribution in [3.05, 3.63) is 23.8 Å². The smallest absolute Gasteiger partial charge is 0.233 e. The van der Waals surface area contributed by atoms with Crippen molar-refractivity contribution in [3.63, 3.8) is 0 Å². The lowest BCUT2D eigenvalue weighted by molar-refractivity contribution is 0.441. The van der Waals surface area contributed by atoms with Gasteiger partial charge in [-0.2, -0.15) is 15.0 Å². The molecule has 11 heteroatoms. The summed E-state index contributed by atoms with van der Waals surface area (Å²) in [5.41, 5.74) is 28.3. The van der Waals surface area contributed by atoms with Gasteiger partial charge in [-0.05, 0) is 57.4 Å². The van der Waals surface area contributed by atoms with Crippen molar-refractivity contribution in [3.8, 4) is 0 Å². The van der Waals surface area contributed by atoms with Crippen LogP contribution in [-0.2, 0) is 0 Å². The molecule has 2 aliphatic rings. The van der Waals surface area contributed by atoms with E-state index in [4.69, 9.17) is 37.9 Å². The van der Waals surface area contributed by atoms with Crippen LogP contribution in [0.4, 0.5) is 29.2 Å². The number of nitrogens with one attached hydrogen (secondary N) is 1. The molecule has 2 saturated heterocycles. The third-order valence-electron chi connectivity index (χ3n) is 6.79. The van der Waals surface area contributed by atoms with Crippen molar-refractivity contribution in [2.45, 2.75) is 57.8 Å². The Labute approximate surface area is 208 Å². The Kier molecular flexibility index (Phi) is 7.90. The summed E-state index contributed by atoms with van der Waals surface area (Å²) in [7, 11) is 0. The van der Waals surface area contributed by atoms with Crippen LogP contribution in [0.5, 0.6) is 0 Å². The number of benzene rings is 1. The summed E-state index contributed by atoms with van der Waals surface area (Å²) in [6.45, 7) is 10.9. The van der Waals surface area contributed by atoms with E-state index in [0.717, 1.165) is 37.2 Å². The van der Waals surface area contributed by atoms with Crippen molar-refractivity contribution in [1.82, 2.24) is 15.0 Å². The number of nitrogens with zero attached hydrogens (tertiary/aromatic N) is 6. The van der Waals surface area contributed by atoms with E-state index >= 15 is 0 Å². The van der Waals surface area contributed by atoms with Crippen LogP contribution in [-0.4, -0.2) is 78.4 Å². The second kappa shape index (κ2) is 10.9. The van der Waals surface area contributed by atoms with Crippen LogP contribution >= 0.6 is 0 Å². The molecular formula is C24H41N11. The van der Waals surface area contributed by atoms with Crippen molar-refractivity contribution < 1.29 is 0 Å². The van der Waals surface area contributed by atoms with Gasteiger partial charge >= 0.3 is 0 Å². The molecule has 0 amide bonds. The zero-order valence-corrected chi connectivity index (χ0v) is 21.2. The maximum atomic E-state index is 6.26. The molecule has 2 aromatic rings. The molecule has 2 fully saturated rings. The van der Waals surface area contributed by atoms with Gasteiger partial charge < -0.3 is 43.0 Å². The zero-order chi connectivity index (χ0) is 25.1. The standard InChI is InChI=1S/C24H41N11/c1-4-33(5-2)20-6-7-21(15(3)8-20)29-22-30-23(34-11-16(25)9-17(26)12-34)32-24(31-22)35-13-18(27)10-19(28)14-35/h6-8,16-19H,4-5,9-14,25-28H2,1-3H3,(H,29,30,31,32)/t16-,17+,18-,19+. The Morgan fingerprint density at radius 1 is 0.829 bits per heavy atom. The molecule has 0 bridgehead atoms. The SMILES string of the molecule is CCN(CC)c1ccc(Nc2nc(N3C[C@H](N)C[C@H](N)C3)nc(N3C[C@H](N)C[C@H](N)C3)n2)c(C)c1. The number of rotatable bonds is 7. The summed E-state index contributed by atoms with van der Waals surface area (Å²) in [5.74, 6) is 1.60. The highest BCUT2D eigenvalue weighted by Gasteiger charge is 2.28. The monoisotopic (exact) mass is 483 g/mol. The molecule has 4 rings (SSSR count). The first-order valence-electron chi connectivity index (χ1n) is 12.7. The van der Waals surface area contributed by atoms with Crippen molar-refractivity contribution >= 4 is 29.2 Å². The highest BCUT2D eigenvalue weighted by molar-refractivity contribution is 5.65. The minimum atomic E-state index is -0.0259. The molecule has 1 aromatic heterocycles. The molecule has 11 nitrogen and oxygen atoms in total. The molecule has 0 unspecified atom stereocenters. The maximum absolute atomic E-state index is 6.26. The van der Waals surface area contributed by atoms with Gasteiger partial charge in [0, 0.05) is 74.8 Å². The van der Waals surface area contributed by atoms with Crippen LogP contribution in [0.3, 0.4) is 0 Å². The molecular weight excluding hydrogens is 442 g/mol. The van der Waals surface area contributed by atoms with Gasteiger partial charge in [0.1, 0.15) is 0 Å². The van der Waals surface area contributed by atoms with E-state index in [2.05, 4.69) is 59.0 Å². The van der Waals surface area contributed by atoms with Crippen LogP contribution in [0.25, 0.3) is 0 Å². The highest BCUT2D eigenvalue weighted by Crippen LogP contribution is 2.27. The first-order chi connectivity index (χ1) is 16.7. The fourth-order valence-corrected chi connectivity index (χ4v) is 5.07. The van der Waals surface area contributed by atoms with E-state index in [1.54, 1.807) is 0 Å². The summed E-state index contributed by atoms with van der Waals surface area (Å²) in [6, 6.07) is 6.28. The van der Waals surface area contributed by atoms with E-state index < -0.39 is 0 Å². The predicted octanol–water partition coefficient (Wildman–Crippen LogP) is 0.499. The van der Waals surface area contributed by atoms with Gasteiger partial charge in [-0.15, -0.1) is 0 Å².